The van der Waals surface area contributed by atoms with Gasteiger partial charge in [-0.15, -0.1) is 0 Å². The molecule has 3 rings (SSSR count). The minimum Gasteiger partial charge on any atom is -0.297 e. The molecule has 0 aromatic carbocycles. The summed E-state index contributed by atoms with van der Waals surface area (Å²) in [5.74, 6) is 0.691. The van der Waals surface area contributed by atoms with E-state index in [0.29, 0.717) is 11.5 Å². The Balaban J connectivity index is 2.38. The number of aryl methyl sites for hydroxylation is 1. The van der Waals surface area contributed by atoms with E-state index in [0.717, 1.165) is 23.1 Å². The van der Waals surface area contributed by atoms with E-state index in [9.17, 15) is 4.79 Å². The molecule has 3 aromatic rings. The van der Waals surface area contributed by atoms with Gasteiger partial charge in [0.15, 0.2) is 12.1 Å². The zero-order valence-electron chi connectivity index (χ0n) is 9.87. The van der Waals surface area contributed by atoms with Gasteiger partial charge in [0, 0.05) is 12.4 Å². The van der Waals surface area contributed by atoms with Gasteiger partial charge in [-0.25, -0.2) is 4.98 Å². The lowest BCUT2D eigenvalue weighted by molar-refractivity contribution is 0.112. The molecule has 88 valence electrons. The molecule has 0 radical (unpaired) electrons. The Bertz CT molecular complexity index is 716. The first-order chi connectivity index (χ1) is 8.81. The van der Waals surface area contributed by atoms with Crippen LogP contribution in [0.2, 0.25) is 0 Å². The number of nitrogens with zero attached hydrogens (tertiary/aromatic N) is 3. The van der Waals surface area contributed by atoms with Crippen LogP contribution in [0.25, 0.3) is 17.0 Å². The molecule has 0 bridgehead atoms. The van der Waals surface area contributed by atoms with Crippen LogP contribution in [0.3, 0.4) is 0 Å². The number of aldehydes is 1. The fourth-order valence-electron chi connectivity index (χ4n) is 2.10. The zero-order valence-corrected chi connectivity index (χ0v) is 9.87. The highest BCUT2D eigenvalue weighted by Crippen LogP contribution is 2.22. The van der Waals surface area contributed by atoms with Crippen molar-refractivity contribution in [2.45, 2.75) is 6.92 Å². The SMILES string of the molecule is Cc1cccn2c(-c3ccccn3)nc(C=O)c12. The lowest BCUT2D eigenvalue weighted by Gasteiger charge is -2.01. The topological polar surface area (TPSA) is 47.3 Å². The summed E-state index contributed by atoms with van der Waals surface area (Å²) in [6, 6.07) is 9.54. The predicted molar refractivity (Wildman–Crippen MR) is 68.5 cm³/mol. The number of aromatic nitrogens is 3. The number of pyridine rings is 2. The van der Waals surface area contributed by atoms with Gasteiger partial charge in [-0.05, 0) is 30.7 Å². The average Bonchev–Trinajstić information content (AvgIpc) is 2.80. The van der Waals surface area contributed by atoms with Gasteiger partial charge in [0.1, 0.15) is 11.4 Å². The van der Waals surface area contributed by atoms with Gasteiger partial charge in [0.2, 0.25) is 0 Å². The molecule has 0 amide bonds. The van der Waals surface area contributed by atoms with E-state index < -0.39 is 0 Å². The molecule has 18 heavy (non-hydrogen) atoms. The van der Waals surface area contributed by atoms with Crippen LogP contribution in [-0.4, -0.2) is 20.7 Å². The maximum atomic E-state index is 11.1. The van der Waals surface area contributed by atoms with Gasteiger partial charge >= 0.3 is 0 Å². The lowest BCUT2D eigenvalue weighted by atomic mass is 10.2. The molecule has 0 unspecified atom stereocenters. The van der Waals surface area contributed by atoms with E-state index in [4.69, 9.17) is 0 Å². The number of hydrogen-bond donors (Lipinski definition) is 0. The number of carbonyl (C=O) groups is 1. The summed E-state index contributed by atoms with van der Waals surface area (Å²) in [5.41, 5.74) is 3.07. The average molecular weight is 237 g/mol. The molecule has 0 atom stereocenters. The number of carbonyl (C=O) groups excluding carboxylic acids is 1. The van der Waals surface area contributed by atoms with Crippen LogP contribution in [0.5, 0.6) is 0 Å². The quantitative estimate of drug-likeness (QED) is 0.643. The molecule has 0 aliphatic heterocycles. The molecule has 4 heteroatoms. The Hall–Kier alpha value is -2.49. The molecule has 0 aliphatic rings. The van der Waals surface area contributed by atoms with Crippen molar-refractivity contribution in [2.75, 3.05) is 0 Å². The molecule has 3 heterocycles. The van der Waals surface area contributed by atoms with Gasteiger partial charge in [-0.2, -0.15) is 0 Å². The second kappa shape index (κ2) is 4.07. The minimum absolute atomic E-state index is 0.453. The molecule has 0 aliphatic carbocycles. The summed E-state index contributed by atoms with van der Waals surface area (Å²) in [6.07, 6.45) is 4.40. The number of fused-ring (bicyclic) bond motifs is 1. The molecular formula is C14H11N3O. The van der Waals surface area contributed by atoms with Gasteiger partial charge in [-0.3, -0.25) is 14.2 Å². The smallest absolute Gasteiger partial charge is 0.170 e. The Kier molecular flexibility index (Phi) is 2.41. The van der Waals surface area contributed by atoms with Crippen LogP contribution >= 0.6 is 0 Å². The monoisotopic (exact) mass is 237 g/mol. The van der Waals surface area contributed by atoms with Crippen LogP contribution in [0.1, 0.15) is 16.1 Å². The number of hydrogen-bond acceptors (Lipinski definition) is 3. The Morgan fingerprint density at radius 3 is 2.83 bits per heavy atom. The third-order valence-corrected chi connectivity index (χ3v) is 2.90. The molecule has 4 nitrogen and oxygen atoms in total. The molecular weight excluding hydrogens is 226 g/mol. The lowest BCUT2D eigenvalue weighted by Crippen LogP contribution is -1.91. The summed E-state index contributed by atoms with van der Waals surface area (Å²) >= 11 is 0. The van der Waals surface area contributed by atoms with Gasteiger partial charge in [0.25, 0.3) is 0 Å². The number of rotatable bonds is 2. The van der Waals surface area contributed by atoms with Crippen LogP contribution < -0.4 is 0 Å². The van der Waals surface area contributed by atoms with Gasteiger partial charge in [0.05, 0.1) is 5.52 Å². The first-order valence-electron chi connectivity index (χ1n) is 5.65. The fourth-order valence-corrected chi connectivity index (χ4v) is 2.10. The van der Waals surface area contributed by atoms with Crippen LogP contribution in [0, 0.1) is 6.92 Å². The minimum atomic E-state index is 0.453. The highest BCUT2D eigenvalue weighted by molar-refractivity contribution is 5.87. The Morgan fingerprint density at radius 2 is 2.11 bits per heavy atom. The zero-order chi connectivity index (χ0) is 12.5. The maximum Gasteiger partial charge on any atom is 0.170 e. The van der Waals surface area contributed by atoms with E-state index in [-0.39, 0.29) is 0 Å². The van der Waals surface area contributed by atoms with Crippen molar-refractivity contribution in [1.29, 1.82) is 0 Å². The van der Waals surface area contributed by atoms with Crippen LogP contribution in [-0.2, 0) is 0 Å². The van der Waals surface area contributed by atoms with Crippen LogP contribution in [0.4, 0.5) is 0 Å². The number of imidazole rings is 1. The summed E-state index contributed by atoms with van der Waals surface area (Å²) < 4.78 is 1.90. The Labute approximate surface area is 104 Å². The third-order valence-electron chi connectivity index (χ3n) is 2.90. The van der Waals surface area contributed by atoms with Gasteiger partial charge < -0.3 is 0 Å². The normalized spacial score (nSPS) is 10.7. The third kappa shape index (κ3) is 1.50. The fraction of sp³-hybridized carbons (Fsp3) is 0.0714. The van der Waals surface area contributed by atoms with Crippen molar-refractivity contribution in [3.8, 4) is 11.5 Å². The van der Waals surface area contributed by atoms with Crippen molar-refractivity contribution >= 4 is 11.8 Å². The highest BCUT2D eigenvalue weighted by atomic mass is 16.1. The predicted octanol–water partition coefficient (Wildman–Crippen LogP) is 2.52. The first kappa shape index (κ1) is 10.7. The highest BCUT2D eigenvalue weighted by Gasteiger charge is 2.13. The Morgan fingerprint density at radius 1 is 1.22 bits per heavy atom. The van der Waals surface area contributed by atoms with E-state index in [1.165, 1.54) is 0 Å². The molecule has 0 saturated heterocycles. The summed E-state index contributed by atoms with van der Waals surface area (Å²) in [7, 11) is 0. The first-order valence-corrected chi connectivity index (χ1v) is 5.65. The molecule has 0 fully saturated rings. The maximum absolute atomic E-state index is 11.1. The second-order valence-electron chi connectivity index (χ2n) is 4.06. The van der Waals surface area contributed by atoms with Crippen LogP contribution in [0.15, 0.2) is 42.7 Å². The van der Waals surface area contributed by atoms with Gasteiger partial charge in [-0.1, -0.05) is 12.1 Å². The van der Waals surface area contributed by atoms with E-state index >= 15 is 0 Å². The molecule has 0 spiro atoms. The van der Waals surface area contributed by atoms with E-state index in [1.54, 1.807) is 6.20 Å². The van der Waals surface area contributed by atoms with Crippen molar-refractivity contribution < 1.29 is 4.79 Å². The van der Waals surface area contributed by atoms with Crippen molar-refractivity contribution in [3.63, 3.8) is 0 Å². The summed E-state index contributed by atoms with van der Waals surface area (Å²) in [5, 5.41) is 0. The molecule has 0 N–H and O–H groups in total. The largest absolute Gasteiger partial charge is 0.297 e. The standard InChI is InChI=1S/C14H11N3O/c1-10-5-4-8-17-13(10)12(9-18)16-14(17)11-6-2-3-7-15-11/h2-9H,1H3. The van der Waals surface area contributed by atoms with E-state index in [2.05, 4.69) is 9.97 Å². The molecule has 0 saturated carbocycles. The molecule has 3 aromatic heterocycles. The second-order valence-corrected chi connectivity index (χ2v) is 4.06. The summed E-state index contributed by atoms with van der Waals surface area (Å²) in [6.45, 7) is 1.96. The summed E-state index contributed by atoms with van der Waals surface area (Å²) in [4.78, 5) is 19.8. The van der Waals surface area contributed by atoms with Crippen molar-refractivity contribution in [3.05, 3.63) is 54.0 Å². The van der Waals surface area contributed by atoms with Crippen molar-refractivity contribution in [2.24, 2.45) is 0 Å². The van der Waals surface area contributed by atoms with E-state index in [1.807, 2.05) is 47.9 Å². The van der Waals surface area contributed by atoms with Crippen molar-refractivity contribution in [1.82, 2.24) is 14.4 Å².